The highest BCUT2D eigenvalue weighted by atomic mass is 79.9. The van der Waals surface area contributed by atoms with Gasteiger partial charge in [0.1, 0.15) is 5.82 Å². The SMILES string of the molecule is CCN(C)/C=N\c1cc(F)cc(Cc2ccc(Br)cc2)c1C. The summed E-state index contributed by atoms with van der Waals surface area (Å²) >= 11 is 3.43. The second kappa shape index (κ2) is 7.54. The molecule has 0 aromatic heterocycles. The third-order valence-electron chi connectivity index (χ3n) is 3.65. The van der Waals surface area contributed by atoms with E-state index in [1.807, 2.05) is 50.1 Å². The first-order valence-electron chi connectivity index (χ1n) is 7.27. The van der Waals surface area contributed by atoms with E-state index in [2.05, 4.69) is 20.9 Å². The predicted molar refractivity (Wildman–Crippen MR) is 94.5 cm³/mol. The van der Waals surface area contributed by atoms with E-state index in [-0.39, 0.29) is 5.82 Å². The molecule has 2 aromatic carbocycles. The van der Waals surface area contributed by atoms with E-state index in [0.717, 1.165) is 27.7 Å². The van der Waals surface area contributed by atoms with Crippen molar-refractivity contribution in [3.63, 3.8) is 0 Å². The van der Waals surface area contributed by atoms with Crippen molar-refractivity contribution in [3.8, 4) is 0 Å². The minimum absolute atomic E-state index is 0.246. The Labute approximate surface area is 139 Å². The first-order chi connectivity index (χ1) is 10.5. The van der Waals surface area contributed by atoms with E-state index in [9.17, 15) is 4.39 Å². The lowest BCUT2D eigenvalue weighted by Crippen LogP contribution is -2.14. The van der Waals surface area contributed by atoms with Gasteiger partial charge in [-0.25, -0.2) is 9.38 Å². The Balaban J connectivity index is 2.30. The second-order valence-corrected chi connectivity index (χ2v) is 6.25. The van der Waals surface area contributed by atoms with Crippen LogP contribution < -0.4 is 0 Å². The maximum Gasteiger partial charge on any atom is 0.125 e. The highest BCUT2D eigenvalue weighted by Gasteiger charge is 2.08. The monoisotopic (exact) mass is 362 g/mol. The molecule has 0 N–H and O–H groups in total. The van der Waals surface area contributed by atoms with Crippen molar-refractivity contribution in [1.29, 1.82) is 0 Å². The highest BCUT2D eigenvalue weighted by molar-refractivity contribution is 9.10. The highest BCUT2D eigenvalue weighted by Crippen LogP contribution is 2.26. The minimum Gasteiger partial charge on any atom is -0.366 e. The van der Waals surface area contributed by atoms with E-state index in [4.69, 9.17) is 0 Å². The molecule has 116 valence electrons. The molecule has 0 radical (unpaired) electrons. The van der Waals surface area contributed by atoms with Crippen molar-refractivity contribution in [1.82, 2.24) is 4.90 Å². The summed E-state index contributed by atoms with van der Waals surface area (Å²) in [5, 5.41) is 0. The van der Waals surface area contributed by atoms with Crippen LogP contribution in [0.1, 0.15) is 23.6 Å². The van der Waals surface area contributed by atoms with Crippen LogP contribution in [0.5, 0.6) is 0 Å². The quantitative estimate of drug-likeness (QED) is 0.533. The van der Waals surface area contributed by atoms with Crippen LogP contribution >= 0.6 is 15.9 Å². The Hall–Kier alpha value is -1.68. The average Bonchev–Trinajstić information content (AvgIpc) is 2.50. The number of rotatable bonds is 5. The molecule has 2 rings (SSSR count). The lowest BCUT2D eigenvalue weighted by Gasteiger charge is -2.12. The van der Waals surface area contributed by atoms with Gasteiger partial charge in [-0.1, -0.05) is 28.1 Å². The van der Waals surface area contributed by atoms with E-state index < -0.39 is 0 Å². The number of aliphatic imine (C=N–C) groups is 1. The first kappa shape index (κ1) is 16.7. The molecule has 0 saturated carbocycles. The van der Waals surface area contributed by atoms with Crippen molar-refractivity contribution in [2.75, 3.05) is 13.6 Å². The molecule has 0 bridgehead atoms. The van der Waals surface area contributed by atoms with Gasteiger partial charge in [-0.15, -0.1) is 0 Å². The van der Waals surface area contributed by atoms with Gasteiger partial charge in [-0.05, 0) is 61.2 Å². The number of benzene rings is 2. The maximum absolute atomic E-state index is 13.9. The molecule has 0 fully saturated rings. The van der Waals surface area contributed by atoms with Gasteiger partial charge in [0, 0.05) is 18.1 Å². The molecule has 0 heterocycles. The van der Waals surface area contributed by atoms with Crippen LogP contribution in [0.3, 0.4) is 0 Å². The molecule has 0 atom stereocenters. The smallest absolute Gasteiger partial charge is 0.125 e. The van der Waals surface area contributed by atoms with Gasteiger partial charge in [0.15, 0.2) is 0 Å². The zero-order valence-corrected chi connectivity index (χ0v) is 14.7. The van der Waals surface area contributed by atoms with Crippen LogP contribution in [0.25, 0.3) is 0 Å². The van der Waals surface area contributed by atoms with Gasteiger partial charge in [0.05, 0.1) is 12.0 Å². The lowest BCUT2D eigenvalue weighted by atomic mass is 9.99. The largest absolute Gasteiger partial charge is 0.366 e. The van der Waals surface area contributed by atoms with Crippen molar-refractivity contribution < 1.29 is 4.39 Å². The Kier molecular flexibility index (Phi) is 5.72. The molecule has 2 aromatic rings. The zero-order chi connectivity index (χ0) is 16.1. The Morgan fingerprint density at radius 1 is 1.23 bits per heavy atom. The van der Waals surface area contributed by atoms with Gasteiger partial charge in [-0.2, -0.15) is 0 Å². The van der Waals surface area contributed by atoms with Crippen LogP contribution in [-0.4, -0.2) is 24.8 Å². The molecule has 22 heavy (non-hydrogen) atoms. The molecular formula is C18H20BrFN2. The second-order valence-electron chi connectivity index (χ2n) is 5.33. The van der Waals surface area contributed by atoms with Crippen LogP contribution in [0, 0.1) is 12.7 Å². The van der Waals surface area contributed by atoms with Crippen molar-refractivity contribution in [3.05, 3.63) is 63.4 Å². The number of nitrogens with zero attached hydrogens (tertiary/aromatic N) is 2. The van der Waals surface area contributed by atoms with Gasteiger partial charge >= 0.3 is 0 Å². The lowest BCUT2D eigenvalue weighted by molar-refractivity contribution is 0.552. The first-order valence-corrected chi connectivity index (χ1v) is 8.06. The van der Waals surface area contributed by atoms with Gasteiger partial charge < -0.3 is 4.90 Å². The van der Waals surface area contributed by atoms with E-state index >= 15 is 0 Å². The molecule has 0 unspecified atom stereocenters. The van der Waals surface area contributed by atoms with Gasteiger partial charge in [-0.3, -0.25) is 0 Å². The fourth-order valence-corrected chi connectivity index (χ4v) is 2.37. The molecule has 0 saturated heterocycles. The standard InChI is InChI=1S/C18H20BrFN2/c1-4-22(3)12-21-18-11-17(20)10-15(13(18)2)9-14-5-7-16(19)8-6-14/h5-8,10-12H,4,9H2,1-3H3/b21-12-. The molecule has 0 amide bonds. The Morgan fingerprint density at radius 3 is 2.55 bits per heavy atom. The number of hydrogen-bond acceptors (Lipinski definition) is 1. The minimum atomic E-state index is -0.246. The van der Waals surface area contributed by atoms with Gasteiger partial charge in [0.2, 0.25) is 0 Å². The summed E-state index contributed by atoms with van der Waals surface area (Å²) in [6.07, 6.45) is 2.44. The number of halogens is 2. The molecule has 0 aliphatic carbocycles. The van der Waals surface area contributed by atoms with Gasteiger partial charge in [0.25, 0.3) is 0 Å². The fraction of sp³-hybridized carbons (Fsp3) is 0.278. The predicted octanol–water partition coefficient (Wildman–Crippen LogP) is 5.10. The van der Waals surface area contributed by atoms with E-state index in [1.54, 1.807) is 12.4 Å². The van der Waals surface area contributed by atoms with Crippen LogP contribution in [0.4, 0.5) is 10.1 Å². The van der Waals surface area contributed by atoms with Crippen molar-refractivity contribution in [2.24, 2.45) is 4.99 Å². The number of hydrogen-bond donors (Lipinski definition) is 0. The summed E-state index contributed by atoms with van der Waals surface area (Å²) in [5.74, 6) is -0.246. The molecule has 4 heteroatoms. The topological polar surface area (TPSA) is 15.6 Å². The normalized spacial score (nSPS) is 11.1. The van der Waals surface area contributed by atoms with E-state index in [1.165, 1.54) is 6.07 Å². The summed E-state index contributed by atoms with van der Waals surface area (Å²) in [5.41, 5.74) is 3.82. The summed E-state index contributed by atoms with van der Waals surface area (Å²) in [6, 6.07) is 11.2. The average molecular weight is 363 g/mol. The molecule has 0 aliphatic heterocycles. The Morgan fingerprint density at radius 2 is 1.91 bits per heavy atom. The summed E-state index contributed by atoms with van der Waals surface area (Å²) < 4.78 is 14.9. The van der Waals surface area contributed by atoms with Crippen LogP contribution in [0.15, 0.2) is 45.9 Å². The van der Waals surface area contributed by atoms with Crippen molar-refractivity contribution in [2.45, 2.75) is 20.3 Å². The molecule has 0 spiro atoms. The van der Waals surface area contributed by atoms with Crippen LogP contribution in [-0.2, 0) is 6.42 Å². The van der Waals surface area contributed by atoms with Crippen molar-refractivity contribution >= 4 is 28.0 Å². The molecule has 0 aliphatic rings. The molecule has 2 nitrogen and oxygen atoms in total. The summed E-state index contributed by atoms with van der Waals surface area (Å²) in [7, 11) is 1.95. The zero-order valence-electron chi connectivity index (χ0n) is 13.1. The molecular weight excluding hydrogens is 343 g/mol. The maximum atomic E-state index is 13.9. The third-order valence-corrected chi connectivity index (χ3v) is 4.18. The van der Waals surface area contributed by atoms with E-state index in [0.29, 0.717) is 12.1 Å². The van der Waals surface area contributed by atoms with Crippen LogP contribution in [0.2, 0.25) is 0 Å². The fourth-order valence-electron chi connectivity index (χ4n) is 2.10. The third kappa shape index (κ3) is 4.41. The Bertz CT molecular complexity index is 666. The summed E-state index contributed by atoms with van der Waals surface area (Å²) in [4.78, 5) is 6.36. The summed E-state index contributed by atoms with van der Waals surface area (Å²) in [6.45, 7) is 4.90.